The number of nitrogens with one attached hydrogen (secondary N) is 2. The Morgan fingerprint density at radius 3 is 2.09 bits per heavy atom. The van der Waals surface area contributed by atoms with E-state index in [0.29, 0.717) is 13.0 Å². The van der Waals surface area contributed by atoms with Crippen molar-refractivity contribution in [2.24, 2.45) is 11.8 Å². The molecule has 0 unspecified atom stereocenters. The summed E-state index contributed by atoms with van der Waals surface area (Å²) in [5.41, 5.74) is 4.78. The molecule has 7 heteroatoms. The molecular weight excluding hydrogens is 444 g/mol. The molecule has 2 aromatic carbocycles. The Morgan fingerprint density at radius 2 is 1.43 bits per heavy atom. The molecule has 0 saturated heterocycles. The van der Waals surface area contributed by atoms with Gasteiger partial charge in [0.25, 0.3) is 0 Å². The van der Waals surface area contributed by atoms with Gasteiger partial charge in [-0.1, -0.05) is 48.5 Å². The number of fused-ring (bicyclic) bond motifs is 3. The summed E-state index contributed by atoms with van der Waals surface area (Å²) in [6.45, 7) is 0.294. The Hall–Kier alpha value is -3.35. The van der Waals surface area contributed by atoms with Crippen molar-refractivity contribution in [2.45, 2.75) is 62.9 Å². The van der Waals surface area contributed by atoms with E-state index in [1.54, 1.807) is 0 Å². The molecule has 5 rings (SSSR count). The van der Waals surface area contributed by atoms with Crippen LogP contribution in [0, 0.1) is 11.8 Å². The number of benzene rings is 2. The van der Waals surface area contributed by atoms with Gasteiger partial charge in [0, 0.05) is 30.8 Å². The first-order valence-electron chi connectivity index (χ1n) is 12.6. The number of hydrogen-bond acceptors (Lipinski definition) is 4. The highest BCUT2D eigenvalue weighted by Gasteiger charge is 2.34. The zero-order chi connectivity index (χ0) is 24.4. The number of hydrogen-bond donors (Lipinski definition) is 3. The molecule has 3 N–H and O–H groups in total. The largest absolute Gasteiger partial charge is 0.481 e. The van der Waals surface area contributed by atoms with Gasteiger partial charge in [-0.3, -0.25) is 9.59 Å². The van der Waals surface area contributed by atoms with Crippen LogP contribution in [-0.4, -0.2) is 41.8 Å². The quantitative estimate of drug-likeness (QED) is 0.522. The Bertz CT molecular complexity index is 1060. The van der Waals surface area contributed by atoms with Crippen LogP contribution in [-0.2, 0) is 14.3 Å². The zero-order valence-corrected chi connectivity index (χ0v) is 19.7. The van der Waals surface area contributed by atoms with Gasteiger partial charge in [0.1, 0.15) is 6.61 Å². The van der Waals surface area contributed by atoms with Gasteiger partial charge in [0.05, 0.1) is 0 Å². The van der Waals surface area contributed by atoms with Crippen molar-refractivity contribution in [1.82, 2.24) is 10.6 Å². The maximum absolute atomic E-state index is 12.4. The van der Waals surface area contributed by atoms with Crippen LogP contribution in [0.2, 0.25) is 0 Å². The van der Waals surface area contributed by atoms with Gasteiger partial charge in [-0.15, -0.1) is 0 Å². The molecule has 2 fully saturated rings. The summed E-state index contributed by atoms with van der Waals surface area (Å²) in [5.74, 6) is -0.295. The van der Waals surface area contributed by atoms with Crippen molar-refractivity contribution in [2.75, 3.05) is 6.61 Å². The van der Waals surface area contributed by atoms with E-state index in [1.807, 2.05) is 24.3 Å². The van der Waals surface area contributed by atoms with Crippen LogP contribution >= 0.6 is 0 Å². The minimum absolute atomic E-state index is 0.0237. The highest BCUT2D eigenvalue weighted by Crippen LogP contribution is 2.44. The van der Waals surface area contributed by atoms with E-state index in [1.165, 1.54) is 22.3 Å². The van der Waals surface area contributed by atoms with Gasteiger partial charge in [-0.2, -0.15) is 0 Å². The molecule has 3 aliphatic carbocycles. The summed E-state index contributed by atoms with van der Waals surface area (Å²) >= 11 is 0. The van der Waals surface area contributed by atoms with Gasteiger partial charge in [-0.25, -0.2) is 4.79 Å². The topological polar surface area (TPSA) is 105 Å². The molecule has 2 atom stereocenters. The van der Waals surface area contributed by atoms with Crippen LogP contribution in [0.15, 0.2) is 48.5 Å². The van der Waals surface area contributed by atoms with Crippen LogP contribution in [0.1, 0.15) is 62.0 Å². The number of carboxylic acids is 1. The number of carbonyl (C=O) groups excluding carboxylic acids is 2. The Balaban J connectivity index is 1.02. The molecule has 0 radical (unpaired) electrons. The standard InChI is InChI=1S/C28H32N2O5/c31-26(29-19-10-9-17(11-19)15-27(32)33)14-18-12-20(13-18)30-28(34)35-16-25-23-7-3-1-5-21(23)22-6-2-4-8-24(22)25/h1-8,17-20,25H,9-16H2,(H,29,31)(H,30,34)(H,32,33)/t17-,18?,19+,20?/m1/s1. The molecule has 0 aliphatic heterocycles. The van der Waals surface area contributed by atoms with Crippen LogP contribution in [0.4, 0.5) is 4.79 Å². The lowest BCUT2D eigenvalue weighted by atomic mass is 9.78. The number of aliphatic carboxylic acids is 1. The highest BCUT2D eigenvalue weighted by atomic mass is 16.5. The van der Waals surface area contributed by atoms with Crippen LogP contribution in [0.3, 0.4) is 0 Å². The van der Waals surface area contributed by atoms with Crippen molar-refractivity contribution in [3.05, 3.63) is 59.7 Å². The van der Waals surface area contributed by atoms with E-state index >= 15 is 0 Å². The van der Waals surface area contributed by atoms with Crippen LogP contribution in [0.5, 0.6) is 0 Å². The van der Waals surface area contributed by atoms with E-state index in [4.69, 9.17) is 9.84 Å². The summed E-state index contributed by atoms with van der Waals surface area (Å²) in [6.07, 6.45) is 4.20. The lowest BCUT2D eigenvalue weighted by molar-refractivity contribution is -0.138. The molecule has 0 spiro atoms. The fourth-order valence-corrected chi connectivity index (χ4v) is 6.01. The van der Waals surface area contributed by atoms with Crippen molar-refractivity contribution in [3.63, 3.8) is 0 Å². The van der Waals surface area contributed by atoms with E-state index < -0.39 is 12.1 Å². The van der Waals surface area contributed by atoms with Crippen molar-refractivity contribution >= 4 is 18.0 Å². The summed E-state index contributed by atoms with van der Waals surface area (Å²) in [4.78, 5) is 35.7. The fraction of sp³-hybridized carbons (Fsp3) is 0.464. The third kappa shape index (κ3) is 5.34. The van der Waals surface area contributed by atoms with Gasteiger partial charge >= 0.3 is 12.1 Å². The summed E-state index contributed by atoms with van der Waals surface area (Å²) in [7, 11) is 0. The zero-order valence-electron chi connectivity index (χ0n) is 19.7. The van der Waals surface area contributed by atoms with E-state index in [0.717, 1.165) is 32.1 Å². The molecule has 3 aliphatic rings. The number of alkyl carbamates (subject to hydrolysis) is 1. The minimum Gasteiger partial charge on any atom is -0.481 e. The maximum atomic E-state index is 12.4. The Kier molecular flexibility index (Phi) is 6.75. The second-order valence-electron chi connectivity index (χ2n) is 10.2. The van der Waals surface area contributed by atoms with Gasteiger partial charge < -0.3 is 20.5 Å². The number of rotatable bonds is 8. The van der Waals surface area contributed by atoms with Crippen molar-refractivity contribution in [3.8, 4) is 11.1 Å². The van der Waals surface area contributed by atoms with E-state index in [2.05, 4.69) is 34.9 Å². The maximum Gasteiger partial charge on any atom is 0.407 e. The molecule has 0 bridgehead atoms. The second-order valence-corrected chi connectivity index (χ2v) is 10.2. The van der Waals surface area contributed by atoms with Gasteiger partial charge in [0.2, 0.25) is 5.91 Å². The predicted octanol–water partition coefficient (Wildman–Crippen LogP) is 4.45. The molecule has 0 heterocycles. The first-order valence-corrected chi connectivity index (χ1v) is 12.6. The third-order valence-corrected chi connectivity index (χ3v) is 7.75. The Morgan fingerprint density at radius 1 is 0.800 bits per heavy atom. The normalized spacial score (nSPS) is 24.7. The summed E-state index contributed by atoms with van der Waals surface area (Å²) in [6, 6.07) is 16.6. The second kappa shape index (κ2) is 10.1. The van der Waals surface area contributed by atoms with E-state index in [9.17, 15) is 14.4 Å². The molecule has 184 valence electrons. The summed E-state index contributed by atoms with van der Waals surface area (Å²) in [5, 5.41) is 14.9. The number of amides is 2. The smallest absolute Gasteiger partial charge is 0.407 e. The molecule has 0 aromatic heterocycles. The lowest BCUT2D eigenvalue weighted by Crippen LogP contribution is -2.46. The first-order chi connectivity index (χ1) is 17.0. The lowest BCUT2D eigenvalue weighted by Gasteiger charge is -2.35. The van der Waals surface area contributed by atoms with Gasteiger partial charge in [0.15, 0.2) is 0 Å². The highest BCUT2D eigenvalue weighted by molar-refractivity contribution is 5.79. The van der Waals surface area contributed by atoms with Crippen molar-refractivity contribution in [1.29, 1.82) is 0 Å². The monoisotopic (exact) mass is 476 g/mol. The molecular formula is C28H32N2O5. The van der Waals surface area contributed by atoms with Gasteiger partial charge in [-0.05, 0) is 66.2 Å². The molecule has 2 saturated carbocycles. The fourth-order valence-electron chi connectivity index (χ4n) is 6.01. The minimum atomic E-state index is -0.772. The SMILES string of the molecule is O=C(O)C[C@@H]1CC[C@H](NC(=O)CC2CC(NC(=O)OCC3c4ccccc4-c4ccccc43)C2)C1. The average Bonchev–Trinajstić information content (AvgIpc) is 3.37. The van der Waals surface area contributed by atoms with Crippen LogP contribution in [0.25, 0.3) is 11.1 Å². The average molecular weight is 477 g/mol. The number of ether oxygens (including phenoxy) is 1. The first kappa shape index (κ1) is 23.4. The number of carbonyl (C=O) groups is 3. The third-order valence-electron chi connectivity index (χ3n) is 7.75. The number of carboxylic acid groups (broad SMARTS) is 1. The van der Waals surface area contributed by atoms with Crippen molar-refractivity contribution < 1.29 is 24.2 Å². The molecule has 2 amide bonds. The Labute approximate surface area is 205 Å². The molecule has 2 aromatic rings. The molecule has 35 heavy (non-hydrogen) atoms. The molecule has 7 nitrogen and oxygen atoms in total. The summed E-state index contributed by atoms with van der Waals surface area (Å²) < 4.78 is 5.62. The predicted molar refractivity (Wildman–Crippen MR) is 131 cm³/mol. The van der Waals surface area contributed by atoms with E-state index in [-0.39, 0.29) is 42.2 Å². The van der Waals surface area contributed by atoms with Crippen LogP contribution < -0.4 is 10.6 Å².